The molecular weight excluding hydrogens is 320 g/mol. The first-order valence-corrected chi connectivity index (χ1v) is 9.09. The number of nitrogens with one attached hydrogen (secondary N) is 1. The average molecular weight is 336 g/mol. The highest BCUT2D eigenvalue weighted by atomic mass is 32.2. The molecule has 0 aliphatic heterocycles. The molecule has 0 fully saturated rings. The van der Waals surface area contributed by atoms with E-state index in [0.717, 1.165) is 4.90 Å². The standard InChI is InChI=1S/C15H16N2O3S2/c16-22(19,20)14-8-4-5-12(11-14)17-15(18)9-10-21-13-6-2-1-3-7-13/h1-8,11H,9-10H2,(H,17,18)(H2,16,19,20). The number of sulfonamides is 1. The molecule has 0 saturated carbocycles. The fourth-order valence-corrected chi connectivity index (χ4v) is 3.18. The second kappa shape index (κ2) is 7.44. The maximum Gasteiger partial charge on any atom is 0.238 e. The van der Waals surface area contributed by atoms with Gasteiger partial charge in [-0.2, -0.15) is 0 Å². The number of anilines is 1. The van der Waals surface area contributed by atoms with Gasteiger partial charge < -0.3 is 5.32 Å². The Hall–Kier alpha value is -1.83. The Kier molecular flexibility index (Phi) is 5.59. The molecule has 3 N–H and O–H groups in total. The topological polar surface area (TPSA) is 89.3 Å². The van der Waals surface area contributed by atoms with Gasteiger partial charge in [0.15, 0.2) is 0 Å². The molecule has 0 aliphatic rings. The molecule has 0 spiro atoms. The quantitative estimate of drug-likeness (QED) is 0.793. The first kappa shape index (κ1) is 16.5. The summed E-state index contributed by atoms with van der Waals surface area (Å²) in [5.74, 6) is 0.472. The van der Waals surface area contributed by atoms with Crippen molar-refractivity contribution in [2.24, 2.45) is 5.14 Å². The molecule has 0 bridgehead atoms. The van der Waals surface area contributed by atoms with Crippen LogP contribution in [-0.4, -0.2) is 20.1 Å². The number of nitrogens with two attached hydrogens (primary N) is 1. The fourth-order valence-electron chi connectivity index (χ4n) is 1.75. The van der Waals surface area contributed by atoms with Crippen molar-refractivity contribution >= 4 is 33.4 Å². The molecule has 0 saturated heterocycles. The minimum atomic E-state index is -3.77. The van der Waals surface area contributed by atoms with Crippen LogP contribution in [-0.2, 0) is 14.8 Å². The summed E-state index contributed by atoms with van der Waals surface area (Å²) in [6.45, 7) is 0. The number of primary sulfonamides is 1. The molecule has 2 aromatic rings. The van der Waals surface area contributed by atoms with Crippen LogP contribution in [0.5, 0.6) is 0 Å². The zero-order valence-electron chi connectivity index (χ0n) is 11.7. The molecule has 1 amide bonds. The third-order valence-electron chi connectivity index (χ3n) is 2.79. The van der Waals surface area contributed by atoms with Crippen molar-refractivity contribution in [3.05, 3.63) is 54.6 Å². The Labute approximate surface area is 134 Å². The monoisotopic (exact) mass is 336 g/mol. The molecule has 0 radical (unpaired) electrons. The van der Waals surface area contributed by atoms with E-state index in [0.29, 0.717) is 17.9 Å². The summed E-state index contributed by atoms with van der Waals surface area (Å²) in [5, 5.41) is 7.73. The van der Waals surface area contributed by atoms with Crippen LogP contribution < -0.4 is 10.5 Å². The van der Waals surface area contributed by atoms with Crippen LogP contribution >= 0.6 is 11.8 Å². The summed E-state index contributed by atoms with van der Waals surface area (Å²) in [7, 11) is -3.77. The number of benzene rings is 2. The van der Waals surface area contributed by atoms with E-state index in [2.05, 4.69) is 5.32 Å². The van der Waals surface area contributed by atoms with Crippen LogP contribution in [0.4, 0.5) is 5.69 Å². The summed E-state index contributed by atoms with van der Waals surface area (Å²) < 4.78 is 22.5. The summed E-state index contributed by atoms with van der Waals surface area (Å²) >= 11 is 1.59. The van der Waals surface area contributed by atoms with Crippen molar-refractivity contribution in [2.75, 3.05) is 11.1 Å². The SMILES string of the molecule is NS(=O)(=O)c1cccc(NC(=O)CCSc2ccccc2)c1. The molecule has 0 heterocycles. The molecule has 0 unspecified atom stereocenters. The normalized spacial score (nSPS) is 11.1. The van der Waals surface area contributed by atoms with Gasteiger partial charge in [0.25, 0.3) is 0 Å². The number of hydrogen-bond acceptors (Lipinski definition) is 4. The third kappa shape index (κ3) is 5.18. The van der Waals surface area contributed by atoms with E-state index < -0.39 is 10.0 Å². The lowest BCUT2D eigenvalue weighted by molar-refractivity contribution is -0.115. The van der Waals surface area contributed by atoms with Crippen molar-refractivity contribution in [3.8, 4) is 0 Å². The van der Waals surface area contributed by atoms with E-state index in [1.807, 2.05) is 30.3 Å². The summed E-state index contributed by atoms with van der Waals surface area (Å²) in [6, 6.07) is 15.7. The number of rotatable bonds is 6. The van der Waals surface area contributed by atoms with Crippen molar-refractivity contribution in [1.82, 2.24) is 0 Å². The zero-order chi connectivity index (χ0) is 16.0. The van der Waals surface area contributed by atoms with Crippen LogP contribution in [0.1, 0.15) is 6.42 Å². The second-order valence-corrected chi connectivity index (χ2v) is 7.26. The van der Waals surface area contributed by atoms with Gasteiger partial charge in [-0.05, 0) is 30.3 Å². The molecule has 5 nitrogen and oxygen atoms in total. The predicted octanol–water partition coefficient (Wildman–Crippen LogP) is 2.45. The van der Waals surface area contributed by atoms with Gasteiger partial charge in [-0.3, -0.25) is 4.79 Å². The van der Waals surface area contributed by atoms with Gasteiger partial charge in [-0.25, -0.2) is 13.6 Å². The summed E-state index contributed by atoms with van der Waals surface area (Å²) in [4.78, 5) is 12.9. The summed E-state index contributed by atoms with van der Waals surface area (Å²) in [5.41, 5.74) is 0.418. The smallest absolute Gasteiger partial charge is 0.238 e. The van der Waals surface area contributed by atoms with Crippen LogP contribution in [0.3, 0.4) is 0 Å². The van der Waals surface area contributed by atoms with Crippen molar-refractivity contribution in [1.29, 1.82) is 0 Å². The highest BCUT2D eigenvalue weighted by Crippen LogP contribution is 2.18. The van der Waals surface area contributed by atoms with Gasteiger partial charge in [-0.15, -0.1) is 11.8 Å². The predicted molar refractivity (Wildman–Crippen MR) is 88.2 cm³/mol. The Morgan fingerprint density at radius 1 is 1.09 bits per heavy atom. The highest BCUT2D eigenvalue weighted by Gasteiger charge is 2.09. The third-order valence-corrected chi connectivity index (χ3v) is 4.71. The highest BCUT2D eigenvalue weighted by molar-refractivity contribution is 7.99. The fraction of sp³-hybridized carbons (Fsp3) is 0.133. The molecule has 7 heteroatoms. The lowest BCUT2D eigenvalue weighted by Crippen LogP contribution is -2.15. The average Bonchev–Trinajstić information content (AvgIpc) is 2.48. The van der Waals surface area contributed by atoms with Gasteiger partial charge in [0, 0.05) is 22.8 Å². The molecule has 0 aliphatic carbocycles. The summed E-state index contributed by atoms with van der Waals surface area (Å²) in [6.07, 6.45) is 0.333. The number of carbonyl (C=O) groups excluding carboxylic acids is 1. The maximum absolute atomic E-state index is 11.9. The zero-order valence-corrected chi connectivity index (χ0v) is 13.4. The lowest BCUT2D eigenvalue weighted by Gasteiger charge is -2.06. The van der Waals surface area contributed by atoms with Gasteiger partial charge in [0.2, 0.25) is 15.9 Å². The molecule has 0 atom stereocenters. The Morgan fingerprint density at radius 2 is 1.82 bits per heavy atom. The first-order valence-electron chi connectivity index (χ1n) is 6.56. The van der Waals surface area contributed by atoms with Crippen LogP contribution in [0.2, 0.25) is 0 Å². The van der Waals surface area contributed by atoms with Crippen molar-refractivity contribution in [2.45, 2.75) is 16.2 Å². The Morgan fingerprint density at radius 3 is 2.50 bits per heavy atom. The van der Waals surface area contributed by atoms with E-state index in [9.17, 15) is 13.2 Å². The van der Waals surface area contributed by atoms with Crippen LogP contribution in [0.15, 0.2) is 64.4 Å². The van der Waals surface area contributed by atoms with Gasteiger partial charge in [-0.1, -0.05) is 24.3 Å². The lowest BCUT2D eigenvalue weighted by atomic mass is 10.3. The van der Waals surface area contributed by atoms with Gasteiger partial charge in [0.05, 0.1) is 4.90 Å². The van der Waals surface area contributed by atoms with Gasteiger partial charge >= 0.3 is 0 Å². The van der Waals surface area contributed by atoms with Crippen molar-refractivity contribution in [3.63, 3.8) is 0 Å². The van der Waals surface area contributed by atoms with Crippen LogP contribution in [0.25, 0.3) is 0 Å². The molecule has 22 heavy (non-hydrogen) atoms. The molecular formula is C15H16N2O3S2. The maximum atomic E-state index is 11.9. The van der Waals surface area contributed by atoms with Crippen molar-refractivity contribution < 1.29 is 13.2 Å². The Bertz CT molecular complexity index is 746. The van der Waals surface area contributed by atoms with E-state index in [-0.39, 0.29) is 10.8 Å². The number of thioether (sulfide) groups is 1. The van der Waals surface area contributed by atoms with E-state index in [4.69, 9.17) is 5.14 Å². The minimum absolute atomic E-state index is 0.0241. The largest absolute Gasteiger partial charge is 0.326 e. The molecule has 2 rings (SSSR count). The van der Waals surface area contributed by atoms with E-state index >= 15 is 0 Å². The first-order chi connectivity index (χ1) is 10.4. The van der Waals surface area contributed by atoms with Gasteiger partial charge in [0.1, 0.15) is 0 Å². The van der Waals surface area contributed by atoms with E-state index in [1.54, 1.807) is 17.8 Å². The number of carbonyl (C=O) groups is 1. The minimum Gasteiger partial charge on any atom is -0.326 e. The molecule has 116 valence electrons. The molecule has 2 aromatic carbocycles. The van der Waals surface area contributed by atoms with E-state index in [1.165, 1.54) is 18.2 Å². The number of amides is 1. The van der Waals surface area contributed by atoms with Crippen LogP contribution in [0, 0.1) is 0 Å². The Balaban J connectivity index is 1.87. The second-order valence-electron chi connectivity index (χ2n) is 4.53. The molecule has 0 aromatic heterocycles. The number of hydrogen-bond donors (Lipinski definition) is 2.